The summed E-state index contributed by atoms with van der Waals surface area (Å²) in [7, 11) is 0. The quantitative estimate of drug-likeness (QED) is 0.0268. The van der Waals surface area contributed by atoms with Gasteiger partial charge in [0.1, 0.15) is 13.2 Å². The van der Waals surface area contributed by atoms with Gasteiger partial charge < -0.3 is 92.2 Å². The molecule has 0 aromatic heterocycles. The molecule has 19 heteroatoms. The molecule has 0 heterocycles. The van der Waals surface area contributed by atoms with Crippen molar-refractivity contribution in [1.29, 1.82) is 0 Å². The fraction of sp³-hybridized carbons (Fsp3) is 1.00. The lowest BCUT2D eigenvalue weighted by molar-refractivity contribution is -0.424. The Balaban J connectivity index is 5.87. The van der Waals surface area contributed by atoms with E-state index >= 15 is 0 Å². The van der Waals surface area contributed by atoms with Crippen molar-refractivity contribution in [3.63, 3.8) is 0 Å². The molecule has 0 fully saturated rings. The molecule has 6 N–H and O–H groups in total. The summed E-state index contributed by atoms with van der Waals surface area (Å²) in [6.07, 6.45) is 0. The van der Waals surface area contributed by atoms with Gasteiger partial charge in [0.2, 0.25) is 0 Å². The van der Waals surface area contributed by atoms with E-state index in [1.807, 2.05) is 0 Å². The molecular weight excluding hydrogens is 640 g/mol. The molecule has 0 aromatic carbocycles. The van der Waals surface area contributed by atoms with Crippen molar-refractivity contribution < 1.29 is 92.2 Å². The first-order valence-electron chi connectivity index (χ1n) is 15.6. The minimum absolute atomic E-state index is 0.0282. The first-order chi connectivity index (χ1) is 23.1. The molecule has 0 amide bonds. The van der Waals surface area contributed by atoms with Gasteiger partial charge in [-0.3, -0.25) is 0 Å². The van der Waals surface area contributed by atoms with E-state index < -0.39 is 11.9 Å². The number of aliphatic hydroxyl groups excluding tert-OH is 6. The predicted molar refractivity (Wildman–Crippen MR) is 159 cm³/mol. The van der Waals surface area contributed by atoms with Crippen molar-refractivity contribution in [2.75, 3.05) is 172 Å². The third kappa shape index (κ3) is 27.7. The molecule has 0 aromatic rings. The predicted octanol–water partition coefficient (Wildman–Crippen LogP) is -3.54. The number of rotatable bonds is 40. The molecule has 0 rings (SSSR count). The lowest BCUT2D eigenvalue weighted by Crippen LogP contribution is -2.50. The average molecular weight is 699 g/mol. The highest BCUT2D eigenvalue weighted by Crippen LogP contribution is 2.21. The molecule has 19 nitrogen and oxygen atoms in total. The number of ether oxygens (including phenoxy) is 13. The smallest absolute Gasteiger partial charge is 0.308 e. The minimum atomic E-state index is -1.84. The fourth-order valence-electron chi connectivity index (χ4n) is 3.34. The molecule has 47 heavy (non-hydrogen) atoms. The molecule has 0 aliphatic carbocycles. The zero-order chi connectivity index (χ0) is 34.6. The van der Waals surface area contributed by atoms with Crippen LogP contribution in [0.4, 0.5) is 0 Å². The Kier molecular flexibility index (Phi) is 34.5. The van der Waals surface area contributed by atoms with Crippen LogP contribution in [0.3, 0.4) is 0 Å². The van der Waals surface area contributed by atoms with E-state index in [1.165, 1.54) is 0 Å². The van der Waals surface area contributed by atoms with E-state index in [0.29, 0.717) is 0 Å². The molecule has 0 atom stereocenters. The molecule has 0 radical (unpaired) electrons. The normalized spacial score (nSPS) is 12.4. The average Bonchev–Trinajstić information content (AvgIpc) is 3.07. The zero-order valence-corrected chi connectivity index (χ0v) is 27.4. The molecule has 0 unspecified atom stereocenters. The van der Waals surface area contributed by atoms with Crippen LogP contribution < -0.4 is 0 Å². The van der Waals surface area contributed by atoms with Crippen LogP contribution in [0.5, 0.6) is 0 Å². The molecule has 0 aliphatic rings. The second-order valence-corrected chi connectivity index (χ2v) is 8.97. The lowest BCUT2D eigenvalue weighted by atomic mass is 10.5. The zero-order valence-electron chi connectivity index (χ0n) is 27.4. The Morgan fingerprint density at radius 3 is 0.596 bits per heavy atom. The second-order valence-electron chi connectivity index (χ2n) is 8.97. The van der Waals surface area contributed by atoms with Crippen molar-refractivity contribution in [3.8, 4) is 0 Å². The highest BCUT2D eigenvalue weighted by molar-refractivity contribution is 4.64. The van der Waals surface area contributed by atoms with Crippen molar-refractivity contribution >= 4 is 0 Å². The number of hydrogen-bond acceptors (Lipinski definition) is 19. The Bertz CT molecular complexity index is 498. The summed E-state index contributed by atoms with van der Waals surface area (Å²) in [5.74, 6) is -3.67. The molecule has 0 saturated carbocycles. The third-order valence-corrected chi connectivity index (χ3v) is 5.27. The standard InChI is InChI=1S/C28H58O19/c29-1-7-35-13-19-42-27(43-20-14-36-8-2-30,44-21-15-37-9-3-31)25-41-26-28(45-22-16-38-10-4-32,46-23-17-39-11-5-33)47-24-18-40-12-6-34/h29-34H,1-26H2. The van der Waals surface area contributed by atoms with Gasteiger partial charge in [-0.15, -0.1) is 0 Å². The minimum Gasteiger partial charge on any atom is -0.394 e. The van der Waals surface area contributed by atoms with Gasteiger partial charge in [0.25, 0.3) is 0 Å². The maximum absolute atomic E-state index is 9.01. The summed E-state index contributed by atoms with van der Waals surface area (Å²) >= 11 is 0. The van der Waals surface area contributed by atoms with E-state index in [1.54, 1.807) is 0 Å². The molecule has 284 valence electrons. The Labute approximate surface area is 276 Å². The first-order valence-corrected chi connectivity index (χ1v) is 15.6. The van der Waals surface area contributed by atoms with Crippen molar-refractivity contribution in [2.45, 2.75) is 11.9 Å². The maximum Gasteiger partial charge on any atom is 0.308 e. The summed E-state index contributed by atoms with van der Waals surface area (Å²) < 4.78 is 73.4. The highest BCUT2D eigenvalue weighted by atomic mass is 16.9. The van der Waals surface area contributed by atoms with Gasteiger partial charge in [0.05, 0.1) is 159 Å². The van der Waals surface area contributed by atoms with Crippen LogP contribution in [0, 0.1) is 0 Å². The van der Waals surface area contributed by atoms with Gasteiger partial charge in [-0.25, -0.2) is 0 Å². The largest absolute Gasteiger partial charge is 0.394 e. The maximum atomic E-state index is 9.01. The van der Waals surface area contributed by atoms with E-state index in [2.05, 4.69) is 0 Å². The van der Waals surface area contributed by atoms with Crippen LogP contribution in [-0.4, -0.2) is 214 Å². The SMILES string of the molecule is OCCOCCOC(COCC(OCCOCCO)(OCCOCCO)OCCOCCO)(OCCOCCO)OCCOCCO. The van der Waals surface area contributed by atoms with Gasteiger partial charge in [-0.05, 0) is 0 Å². The first kappa shape index (κ1) is 46.2. The van der Waals surface area contributed by atoms with E-state index in [4.69, 9.17) is 92.2 Å². The third-order valence-electron chi connectivity index (χ3n) is 5.27. The fourth-order valence-corrected chi connectivity index (χ4v) is 3.34. The number of hydrogen-bond donors (Lipinski definition) is 6. The van der Waals surface area contributed by atoms with E-state index in [-0.39, 0.29) is 172 Å². The molecule has 0 aliphatic heterocycles. The molecule has 0 spiro atoms. The number of aliphatic hydroxyl groups is 6. The lowest BCUT2D eigenvalue weighted by Gasteiger charge is -2.36. The molecule has 0 bridgehead atoms. The van der Waals surface area contributed by atoms with Gasteiger partial charge in [0.15, 0.2) is 0 Å². The van der Waals surface area contributed by atoms with Gasteiger partial charge >= 0.3 is 11.9 Å². The van der Waals surface area contributed by atoms with Crippen molar-refractivity contribution in [2.24, 2.45) is 0 Å². The van der Waals surface area contributed by atoms with Crippen LogP contribution in [0.25, 0.3) is 0 Å². The molecular formula is C28H58O19. The monoisotopic (exact) mass is 698 g/mol. The highest BCUT2D eigenvalue weighted by Gasteiger charge is 2.39. The van der Waals surface area contributed by atoms with Gasteiger partial charge in [0, 0.05) is 0 Å². The summed E-state index contributed by atoms with van der Waals surface area (Å²) in [5, 5.41) is 54.1. The Hall–Kier alpha value is -0.760. The summed E-state index contributed by atoms with van der Waals surface area (Å²) in [6, 6.07) is 0. The van der Waals surface area contributed by atoms with Gasteiger partial charge in [-0.2, -0.15) is 0 Å². The second kappa shape index (κ2) is 35.1. The summed E-state index contributed by atoms with van der Waals surface area (Å²) in [6.45, 7) is -0.821. The Morgan fingerprint density at radius 1 is 0.234 bits per heavy atom. The van der Waals surface area contributed by atoms with Crippen LogP contribution >= 0.6 is 0 Å². The van der Waals surface area contributed by atoms with Crippen LogP contribution in [-0.2, 0) is 61.6 Å². The van der Waals surface area contributed by atoms with Crippen molar-refractivity contribution in [1.82, 2.24) is 0 Å². The Morgan fingerprint density at radius 2 is 0.426 bits per heavy atom. The van der Waals surface area contributed by atoms with Crippen LogP contribution in [0.1, 0.15) is 0 Å². The van der Waals surface area contributed by atoms with Crippen molar-refractivity contribution in [3.05, 3.63) is 0 Å². The topological polar surface area (TPSA) is 241 Å². The van der Waals surface area contributed by atoms with Gasteiger partial charge in [-0.1, -0.05) is 0 Å². The van der Waals surface area contributed by atoms with Crippen LogP contribution in [0.15, 0.2) is 0 Å². The summed E-state index contributed by atoms with van der Waals surface area (Å²) in [5.41, 5.74) is 0. The molecule has 0 saturated heterocycles. The van der Waals surface area contributed by atoms with Crippen LogP contribution in [0.2, 0.25) is 0 Å². The van der Waals surface area contributed by atoms with E-state index in [0.717, 1.165) is 0 Å². The summed E-state index contributed by atoms with van der Waals surface area (Å²) in [4.78, 5) is 0. The van der Waals surface area contributed by atoms with E-state index in [9.17, 15) is 0 Å².